The summed E-state index contributed by atoms with van der Waals surface area (Å²) in [5.74, 6) is 0.599. The highest BCUT2D eigenvalue weighted by molar-refractivity contribution is 7.92. The average molecular weight is 441 g/mol. The van der Waals surface area contributed by atoms with Crippen molar-refractivity contribution in [1.82, 2.24) is 13.8 Å². The average Bonchev–Trinajstić information content (AvgIpc) is 3.37. The first-order valence-corrected chi connectivity index (χ1v) is 10.5. The second-order valence-corrected chi connectivity index (χ2v) is 9.32. The number of methoxy groups -OCH3 is 1. The van der Waals surface area contributed by atoms with Crippen molar-refractivity contribution in [1.29, 1.82) is 0 Å². The maximum absolute atomic E-state index is 13.1. The minimum Gasteiger partial charge on any atom is -0.497 e. The van der Waals surface area contributed by atoms with E-state index in [0.29, 0.717) is 21.5 Å². The Kier molecular flexibility index (Phi) is 4.46. The van der Waals surface area contributed by atoms with E-state index in [2.05, 4.69) is 5.10 Å². The molecular weight excluding hydrogens is 427 g/mol. The molecule has 0 aliphatic rings. The summed E-state index contributed by atoms with van der Waals surface area (Å²) in [7, 11) is -1.21. The van der Waals surface area contributed by atoms with Crippen LogP contribution < -0.4 is 4.74 Å². The molecule has 3 aromatic heterocycles. The van der Waals surface area contributed by atoms with Gasteiger partial charge in [-0.1, -0.05) is 0 Å². The lowest BCUT2D eigenvalue weighted by Crippen LogP contribution is -2.11. The fraction of sp³-hybridized carbons (Fsp3) is 0.167. The van der Waals surface area contributed by atoms with Crippen LogP contribution >= 0.6 is 11.3 Å². The summed E-state index contributed by atoms with van der Waals surface area (Å²) in [6, 6.07) is 10.4. The van der Waals surface area contributed by atoms with Crippen LogP contribution in [0.2, 0.25) is 0 Å². The van der Waals surface area contributed by atoms with Gasteiger partial charge >= 0.3 is 6.18 Å². The van der Waals surface area contributed by atoms with E-state index in [1.807, 2.05) is 0 Å². The second kappa shape index (κ2) is 6.63. The molecule has 0 atom stereocenters. The molecular formula is C18H14F3N3O3S2. The van der Waals surface area contributed by atoms with Gasteiger partial charge in [0, 0.05) is 18.6 Å². The lowest BCUT2D eigenvalue weighted by atomic mass is 10.2. The molecule has 0 radical (unpaired) electrons. The summed E-state index contributed by atoms with van der Waals surface area (Å²) < 4.78 is 72.1. The quantitative estimate of drug-likeness (QED) is 0.472. The molecule has 0 unspecified atom stereocenters. The Balaban J connectivity index is 1.74. The predicted octanol–water partition coefficient (Wildman–Crippen LogP) is 4.37. The third kappa shape index (κ3) is 3.29. The number of hydrogen-bond acceptors (Lipinski definition) is 5. The molecule has 0 saturated carbocycles. The van der Waals surface area contributed by atoms with Gasteiger partial charge in [0.05, 0.1) is 17.5 Å². The third-order valence-electron chi connectivity index (χ3n) is 4.38. The minimum atomic E-state index is -4.54. The highest BCUT2D eigenvalue weighted by Crippen LogP contribution is 2.36. The van der Waals surface area contributed by atoms with Crippen LogP contribution in [0, 0.1) is 0 Å². The molecule has 4 aromatic rings. The number of nitrogens with zero attached hydrogens (tertiary/aromatic N) is 3. The van der Waals surface area contributed by atoms with E-state index in [4.69, 9.17) is 4.74 Å². The first-order valence-electron chi connectivity index (χ1n) is 8.23. The molecule has 11 heteroatoms. The van der Waals surface area contributed by atoms with Gasteiger partial charge in [-0.25, -0.2) is 3.97 Å². The van der Waals surface area contributed by atoms with Gasteiger partial charge < -0.3 is 4.74 Å². The van der Waals surface area contributed by atoms with Crippen molar-refractivity contribution in [3.63, 3.8) is 0 Å². The van der Waals surface area contributed by atoms with Crippen molar-refractivity contribution in [2.75, 3.05) is 7.11 Å². The molecule has 3 heterocycles. The molecule has 0 bridgehead atoms. The first-order chi connectivity index (χ1) is 13.6. The zero-order valence-electron chi connectivity index (χ0n) is 15.1. The molecule has 0 spiro atoms. The van der Waals surface area contributed by atoms with Gasteiger partial charge in [0.2, 0.25) is 0 Å². The Morgan fingerprint density at radius 1 is 1.10 bits per heavy atom. The smallest absolute Gasteiger partial charge is 0.433 e. The topological polar surface area (TPSA) is 66.1 Å². The highest BCUT2D eigenvalue weighted by Gasteiger charge is 2.35. The van der Waals surface area contributed by atoms with Crippen LogP contribution in [0.5, 0.6) is 5.75 Å². The van der Waals surface area contributed by atoms with Crippen molar-refractivity contribution in [3.8, 4) is 16.3 Å². The number of alkyl halides is 3. The van der Waals surface area contributed by atoms with Gasteiger partial charge in [-0.15, -0.1) is 11.3 Å². The normalized spacial score (nSPS) is 12.6. The van der Waals surface area contributed by atoms with Crippen LogP contribution in [-0.4, -0.2) is 29.3 Å². The van der Waals surface area contributed by atoms with E-state index in [1.165, 1.54) is 32.5 Å². The number of benzene rings is 1. The van der Waals surface area contributed by atoms with Gasteiger partial charge in [0.15, 0.2) is 0 Å². The molecule has 0 fully saturated rings. The lowest BCUT2D eigenvalue weighted by molar-refractivity contribution is -0.143. The second-order valence-electron chi connectivity index (χ2n) is 6.20. The molecule has 0 amide bonds. The largest absolute Gasteiger partial charge is 0.497 e. The lowest BCUT2D eigenvalue weighted by Gasteiger charge is -2.06. The molecule has 4 rings (SSSR count). The highest BCUT2D eigenvalue weighted by atomic mass is 32.2. The van der Waals surface area contributed by atoms with E-state index in [9.17, 15) is 21.6 Å². The monoisotopic (exact) mass is 441 g/mol. The van der Waals surface area contributed by atoms with Crippen molar-refractivity contribution in [2.45, 2.75) is 10.4 Å². The predicted molar refractivity (Wildman–Crippen MR) is 103 cm³/mol. The Labute approximate surface area is 167 Å². The SMILES string of the molecule is COc1ccc2c(ccn2S(=O)(=O)c2ccc(-c3cc(C(F)(F)F)n(C)n3)s2)c1. The summed E-state index contributed by atoms with van der Waals surface area (Å²) in [4.78, 5) is 0.327. The van der Waals surface area contributed by atoms with Gasteiger partial charge in [-0.05, 0) is 42.5 Å². The van der Waals surface area contributed by atoms with E-state index in [-0.39, 0.29) is 9.90 Å². The summed E-state index contributed by atoms with van der Waals surface area (Å²) in [6.45, 7) is 0. The summed E-state index contributed by atoms with van der Waals surface area (Å²) in [5, 5.41) is 4.55. The van der Waals surface area contributed by atoms with Crippen molar-refractivity contribution in [2.24, 2.45) is 7.05 Å². The number of halogens is 3. The Bertz CT molecular complexity index is 1320. The molecule has 1 aromatic carbocycles. The summed E-state index contributed by atoms with van der Waals surface area (Å²) in [5.41, 5.74) is -0.373. The van der Waals surface area contributed by atoms with Crippen molar-refractivity contribution < 1.29 is 26.3 Å². The molecule has 29 heavy (non-hydrogen) atoms. The van der Waals surface area contributed by atoms with Crippen LogP contribution in [0.25, 0.3) is 21.5 Å². The standard InChI is InChI=1S/C18H14F3N3O3S2/c1-23-16(18(19,20)21)10-13(22-23)15-5-6-17(28-15)29(25,26)24-8-7-11-9-12(27-2)3-4-14(11)24/h3-10H,1-2H3. The molecule has 152 valence electrons. The number of hydrogen-bond donors (Lipinski definition) is 0. The van der Waals surface area contributed by atoms with E-state index < -0.39 is 21.9 Å². The van der Waals surface area contributed by atoms with Gasteiger partial charge in [0.1, 0.15) is 21.3 Å². The Morgan fingerprint density at radius 2 is 1.86 bits per heavy atom. The third-order valence-corrected chi connectivity index (χ3v) is 7.64. The van der Waals surface area contributed by atoms with Crippen LogP contribution in [-0.2, 0) is 23.2 Å². The van der Waals surface area contributed by atoms with Crippen molar-refractivity contribution in [3.05, 3.63) is 54.4 Å². The number of rotatable bonds is 4. The zero-order valence-corrected chi connectivity index (χ0v) is 16.8. The van der Waals surface area contributed by atoms with Gasteiger partial charge in [0.25, 0.3) is 10.0 Å². The number of thiophene rings is 1. The van der Waals surface area contributed by atoms with Gasteiger partial charge in [-0.3, -0.25) is 4.68 Å². The van der Waals surface area contributed by atoms with Crippen LogP contribution in [0.15, 0.2) is 52.9 Å². The number of ether oxygens (including phenoxy) is 1. The van der Waals surface area contributed by atoms with Crippen molar-refractivity contribution >= 4 is 32.3 Å². The Hall–Kier alpha value is -2.79. The molecule has 0 saturated heterocycles. The number of aromatic nitrogens is 3. The molecule has 6 nitrogen and oxygen atoms in total. The van der Waals surface area contributed by atoms with E-state index in [1.54, 1.807) is 24.3 Å². The summed E-state index contributed by atoms with van der Waals surface area (Å²) >= 11 is 0.863. The zero-order chi connectivity index (χ0) is 21.0. The first kappa shape index (κ1) is 19.5. The van der Waals surface area contributed by atoms with E-state index in [0.717, 1.165) is 26.1 Å². The molecule has 0 aliphatic heterocycles. The fourth-order valence-corrected chi connectivity index (χ4v) is 5.68. The number of aryl methyl sites for hydroxylation is 1. The minimum absolute atomic E-state index is 0.0000276. The van der Waals surface area contributed by atoms with E-state index >= 15 is 0 Å². The Morgan fingerprint density at radius 3 is 2.52 bits per heavy atom. The summed E-state index contributed by atoms with van der Waals surface area (Å²) in [6.07, 6.45) is -3.11. The maximum atomic E-state index is 13.1. The van der Waals surface area contributed by atoms with Crippen LogP contribution in [0.3, 0.4) is 0 Å². The number of fused-ring (bicyclic) bond motifs is 1. The van der Waals surface area contributed by atoms with Crippen LogP contribution in [0.1, 0.15) is 5.69 Å². The fourth-order valence-electron chi connectivity index (χ4n) is 2.98. The van der Waals surface area contributed by atoms with Gasteiger partial charge in [-0.2, -0.15) is 26.7 Å². The maximum Gasteiger partial charge on any atom is 0.433 e. The molecule has 0 N–H and O–H groups in total. The molecule has 0 aliphatic carbocycles. The van der Waals surface area contributed by atoms with Crippen LogP contribution in [0.4, 0.5) is 13.2 Å².